The fourth-order valence-electron chi connectivity index (χ4n) is 0.964. The summed E-state index contributed by atoms with van der Waals surface area (Å²) in [5, 5.41) is 9.72. The first-order valence-electron chi connectivity index (χ1n) is 4.16. The quantitative estimate of drug-likeness (QED) is 0.683. The highest BCUT2D eigenvalue weighted by molar-refractivity contribution is 8.14. The number of hydrogen-bond donors (Lipinski definition) is 2. The van der Waals surface area contributed by atoms with E-state index in [1.165, 1.54) is 0 Å². The lowest BCUT2D eigenvalue weighted by molar-refractivity contribution is -0.133. The van der Waals surface area contributed by atoms with Crippen LogP contribution in [0.2, 0.25) is 0 Å². The minimum Gasteiger partial charge on any atom is -0.481 e. The first-order valence-corrected chi connectivity index (χ1v) is 5.15. The number of amides is 1. The second-order valence-corrected chi connectivity index (χ2v) is 3.63. The van der Waals surface area contributed by atoms with Crippen molar-refractivity contribution in [2.75, 3.05) is 32.1 Å². The maximum atomic E-state index is 11.1. The summed E-state index contributed by atoms with van der Waals surface area (Å²) in [6.45, 7) is 2.45. The van der Waals surface area contributed by atoms with Crippen LogP contribution in [0.3, 0.4) is 0 Å². The van der Waals surface area contributed by atoms with Crippen LogP contribution in [0.1, 0.15) is 0 Å². The SMILES string of the molecule is O=C(O)CSC(=O)NN1CCOCC1. The highest BCUT2D eigenvalue weighted by Crippen LogP contribution is 2.02. The Morgan fingerprint density at radius 3 is 2.64 bits per heavy atom. The lowest BCUT2D eigenvalue weighted by Gasteiger charge is -2.26. The molecular weight excluding hydrogens is 208 g/mol. The summed E-state index contributed by atoms with van der Waals surface area (Å²) < 4.78 is 5.09. The fourth-order valence-corrected chi connectivity index (χ4v) is 1.41. The molecule has 0 spiro atoms. The number of nitrogens with zero attached hydrogens (tertiary/aromatic N) is 1. The molecule has 0 aliphatic carbocycles. The van der Waals surface area contributed by atoms with Gasteiger partial charge >= 0.3 is 5.97 Å². The van der Waals surface area contributed by atoms with Gasteiger partial charge in [0.15, 0.2) is 0 Å². The number of hydrogen-bond acceptors (Lipinski definition) is 5. The lowest BCUT2D eigenvalue weighted by Crippen LogP contribution is -2.47. The number of carboxylic acid groups (broad SMARTS) is 1. The molecule has 7 heteroatoms. The zero-order chi connectivity index (χ0) is 10.4. The smallest absolute Gasteiger partial charge is 0.314 e. The first-order chi connectivity index (χ1) is 6.68. The maximum absolute atomic E-state index is 11.1. The van der Waals surface area contributed by atoms with E-state index in [0.29, 0.717) is 26.3 Å². The van der Waals surface area contributed by atoms with Gasteiger partial charge in [0.1, 0.15) is 5.75 Å². The number of nitrogens with one attached hydrogen (secondary N) is 1. The van der Waals surface area contributed by atoms with E-state index in [4.69, 9.17) is 9.84 Å². The van der Waals surface area contributed by atoms with E-state index in [1.807, 2.05) is 0 Å². The van der Waals surface area contributed by atoms with Crippen molar-refractivity contribution < 1.29 is 19.4 Å². The standard InChI is InChI=1S/C7H12N2O4S/c10-6(11)5-14-7(12)8-9-1-3-13-4-2-9/h1-5H2,(H,8,12)(H,10,11). The van der Waals surface area contributed by atoms with Gasteiger partial charge in [0, 0.05) is 13.1 Å². The Bertz CT molecular complexity index is 218. The molecule has 0 unspecified atom stereocenters. The van der Waals surface area contributed by atoms with Crippen LogP contribution in [-0.4, -0.2) is 53.4 Å². The van der Waals surface area contributed by atoms with Gasteiger partial charge in [-0.3, -0.25) is 15.0 Å². The largest absolute Gasteiger partial charge is 0.481 e. The number of ether oxygens (including phenoxy) is 1. The Kier molecular flexibility index (Phi) is 4.71. The van der Waals surface area contributed by atoms with Crippen LogP contribution in [0.25, 0.3) is 0 Å². The molecule has 0 saturated carbocycles. The van der Waals surface area contributed by atoms with Gasteiger partial charge in [-0.15, -0.1) is 0 Å². The molecule has 1 amide bonds. The van der Waals surface area contributed by atoms with Gasteiger partial charge < -0.3 is 9.84 Å². The molecule has 0 atom stereocenters. The summed E-state index contributed by atoms with van der Waals surface area (Å²) in [4.78, 5) is 21.3. The van der Waals surface area contributed by atoms with Crippen LogP contribution in [0.4, 0.5) is 4.79 Å². The van der Waals surface area contributed by atoms with Crippen LogP contribution in [0, 0.1) is 0 Å². The van der Waals surface area contributed by atoms with E-state index in [9.17, 15) is 9.59 Å². The number of rotatable bonds is 3. The van der Waals surface area contributed by atoms with Gasteiger partial charge in [0.05, 0.1) is 13.2 Å². The average molecular weight is 220 g/mol. The van der Waals surface area contributed by atoms with E-state index >= 15 is 0 Å². The maximum Gasteiger partial charge on any atom is 0.314 e. The van der Waals surface area contributed by atoms with Crippen molar-refractivity contribution in [3.05, 3.63) is 0 Å². The molecule has 6 nitrogen and oxygen atoms in total. The van der Waals surface area contributed by atoms with E-state index in [-0.39, 0.29) is 11.0 Å². The monoisotopic (exact) mass is 220 g/mol. The number of aliphatic carboxylic acids is 1. The van der Waals surface area contributed by atoms with Crippen molar-refractivity contribution in [3.63, 3.8) is 0 Å². The third-order valence-corrected chi connectivity index (χ3v) is 2.33. The van der Waals surface area contributed by atoms with Crippen LogP contribution in [-0.2, 0) is 9.53 Å². The molecule has 14 heavy (non-hydrogen) atoms. The lowest BCUT2D eigenvalue weighted by atomic mass is 10.5. The Balaban J connectivity index is 2.15. The Labute approximate surface area is 85.6 Å². The molecule has 0 aromatic heterocycles. The van der Waals surface area contributed by atoms with Gasteiger partial charge in [-0.1, -0.05) is 11.8 Å². The van der Waals surface area contributed by atoms with Crippen molar-refractivity contribution in [2.24, 2.45) is 0 Å². The van der Waals surface area contributed by atoms with Crippen molar-refractivity contribution in [1.29, 1.82) is 0 Å². The Morgan fingerprint density at radius 2 is 2.07 bits per heavy atom. The summed E-state index contributed by atoms with van der Waals surface area (Å²) in [7, 11) is 0. The number of thioether (sulfide) groups is 1. The summed E-state index contributed by atoms with van der Waals surface area (Å²) in [5.41, 5.74) is 2.59. The van der Waals surface area contributed by atoms with Gasteiger partial charge in [-0.05, 0) is 0 Å². The van der Waals surface area contributed by atoms with E-state index < -0.39 is 5.97 Å². The Hall–Kier alpha value is -0.790. The molecular formula is C7H12N2O4S. The molecule has 80 valence electrons. The van der Waals surface area contributed by atoms with Crippen LogP contribution in [0.15, 0.2) is 0 Å². The molecule has 1 aliphatic heterocycles. The minimum atomic E-state index is -0.993. The predicted molar refractivity (Wildman–Crippen MR) is 51.0 cm³/mol. The van der Waals surface area contributed by atoms with Gasteiger partial charge in [0.25, 0.3) is 5.24 Å². The van der Waals surface area contributed by atoms with Crippen LogP contribution in [0.5, 0.6) is 0 Å². The topological polar surface area (TPSA) is 78.9 Å². The molecule has 1 rings (SSSR count). The van der Waals surface area contributed by atoms with Crippen molar-refractivity contribution >= 4 is 23.0 Å². The highest BCUT2D eigenvalue weighted by atomic mass is 32.2. The fraction of sp³-hybridized carbons (Fsp3) is 0.714. The van der Waals surface area contributed by atoms with Crippen molar-refractivity contribution in [2.45, 2.75) is 0 Å². The third kappa shape index (κ3) is 4.45. The molecule has 0 radical (unpaired) electrons. The third-order valence-electron chi connectivity index (χ3n) is 1.59. The van der Waals surface area contributed by atoms with Crippen molar-refractivity contribution in [1.82, 2.24) is 10.4 Å². The number of morpholine rings is 1. The van der Waals surface area contributed by atoms with E-state index in [1.54, 1.807) is 5.01 Å². The van der Waals surface area contributed by atoms with Crippen molar-refractivity contribution in [3.8, 4) is 0 Å². The van der Waals surface area contributed by atoms with E-state index in [2.05, 4.69) is 5.43 Å². The summed E-state index contributed by atoms with van der Waals surface area (Å²) in [6, 6.07) is 0. The first kappa shape index (κ1) is 11.3. The molecule has 1 aliphatic rings. The molecule has 0 aromatic carbocycles. The Morgan fingerprint density at radius 1 is 1.43 bits per heavy atom. The molecule has 1 fully saturated rings. The zero-order valence-electron chi connectivity index (χ0n) is 7.56. The second kappa shape index (κ2) is 5.84. The summed E-state index contributed by atoms with van der Waals surface area (Å²) in [6.07, 6.45) is 0. The molecule has 2 N–H and O–H groups in total. The van der Waals surface area contributed by atoms with Gasteiger partial charge in [0.2, 0.25) is 0 Å². The van der Waals surface area contributed by atoms with E-state index in [0.717, 1.165) is 11.8 Å². The summed E-state index contributed by atoms with van der Waals surface area (Å²) in [5.74, 6) is -1.21. The highest BCUT2D eigenvalue weighted by Gasteiger charge is 2.13. The molecule has 0 bridgehead atoms. The van der Waals surface area contributed by atoms with Crippen LogP contribution >= 0.6 is 11.8 Å². The number of carbonyl (C=O) groups is 2. The minimum absolute atomic E-state index is 0.212. The average Bonchev–Trinajstić information content (AvgIpc) is 2.16. The van der Waals surface area contributed by atoms with Gasteiger partial charge in [-0.25, -0.2) is 5.01 Å². The zero-order valence-corrected chi connectivity index (χ0v) is 8.38. The summed E-state index contributed by atoms with van der Waals surface area (Å²) >= 11 is 0.746. The van der Waals surface area contributed by atoms with Crippen LogP contribution < -0.4 is 5.43 Å². The molecule has 1 heterocycles. The second-order valence-electron chi connectivity index (χ2n) is 2.68. The molecule has 1 saturated heterocycles. The predicted octanol–water partition coefficient (Wildman–Crippen LogP) is -0.239. The number of hydrazine groups is 1. The molecule has 0 aromatic rings. The van der Waals surface area contributed by atoms with Gasteiger partial charge in [-0.2, -0.15) is 0 Å². The normalized spacial score (nSPS) is 17.7. The number of carbonyl (C=O) groups excluding carboxylic acids is 1. The number of carboxylic acids is 1.